The van der Waals surface area contributed by atoms with Crippen molar-refractivity contribution >= 4 is 74.3 Å². The molecule has 0 aromatic heterocycles. The summed E-state index contributed by atoms with van der Waals surface area (Å²) in [4.78, 5) is 39.8. The first-order valence-electron chi connectivity index (χ1n) is 13.2. The molecule has 0 bridgehead atoms. The first-order valence-corrected chi connectivity index (χ1v) is 14.3. The van der Waals surface area contributed by atoms with Crippen molar-refractivity contribution in [1.29, 1.82) is 0 Å². The van der Waals surface area contributed by atoms with Crippen molar-refractivity contribution in [3.8, 4) is 17.2 Å². The molecule has 0 aliphatic carbocycles. The summed E-state index contributed by atoms with van der Waals surface area (Å²) in [7, 11) is 0. The Balaban J connectivity index is 1.52. The second-order valence-electron chi connectivity index (χ2n) is 9.60. The van der Waals surface area contributed by atoms with Gasteiger partial charge in [-0.05, 0) is 102 Å². The SMILES string of the molecule is O=C(Oc1cccc2cc3cccc(OC(=O)c4ccc(Cl)cc4)c3c(OC(=O)c3ccc(Cl)cc3)c12)c1ccc(Cl)cc1. The topological polar surface area (TPSA) is 78.9 Å². The Morgan fingerprint density at radius 3 is 1.14 bits per heavy atom. The number of esters is 3. The Kier molecular flexibility index (Phi) is 8.22. The van der Waals surface area contributed by atoms with Gasteiger partial charge >= 0.3 is 17.9 Å². The van der Waals surface area contributed by atoms with E-state index in [0.717, 1.165) is 0 Å². The molecule has 0 atom stereocenters. The lowest BCUT2D eigenvalue weighted by Crippen LogP contribution is -2.12. The van der Waals surface area contributed by atoms with E-state index in [2.05, 4.69) is 0 Å². The Bertz CT molecular complexity index is 1940. The highest BCUT2D eigenvalue weighted by Gasteiger charge is 2.23. The Labute approximate surface area is 266 Å². The third kappa shape index (κ3) is 6.10. The van der Waals surface area contributed by atoms with Gasteiger partial charge in [-0.3, -0.25) is 0 Å². The van der Waals surface area contributed by atoms with E-state index in [1.165, 1.54) is 12.1 Å². The molecule has 6 aromatic rings. The van der Waals surface area contributed by atoms with Gasteiger partial charge in [0.15, 0.2) is 5.75 Å². The van der Waals surface area contributed by atoms with Crippen molar-refractivity contribution in [2.75, 3.05) is 0 Å². The molecular formula is C35H19Cl3O6. The van der Waals surface area contributed by atoms with Crippen molar-refractivity contribution in [3.05, 3.63) is 147 Å². The zero-order valence-electron chi connectivity index (χ0n) is 22.6. The second kappa shape index (κ2) is 12.4. The fourth-order valence-corrected chi connectivity index (χ4v) is 4.99. The molecule has 0 heterocycles. The zero-order valence-corrected chi connectivity index (χ0v) is 24.8. The van der Waals surface area contributed by atoms with Crippen LogP contribution in [0.2, 0.25) is 15.1 Å². The van der Waals surface area contributed by atoms with E-state index in [-0.39, 0.29) is 33.9 Å². The fourth-order valence-electron chi connectivity index (χ4n) is 4.61. The summed E-state index contributed by atoms with van der Waals surface area (Å²) in [6.45, 7) is 0. The molecule has 0 spiro atoms. The molecule has 0 fully saturated rings. The van der Waals surface area contributed by atoms with Gasteiger partial charge in [-0.25, -0.2) is 14.4 Å². The van der Waals surface area contributed by atoms with Gasteiger partial charge in [0.05, 0.1) is 27.5 Å². The van der Waals surface area contributed by atoms with Crippen LogP contribution in [0.1, 0.15) is 31.1 Å². The van der Waals surface area contributed by atoms with Gasteiger partial charge in [0.2, 0.25) is 0 Å². The molecule has 0 unspecified atom stereocenters. The number of hydrogen-bond acceptors (Lipinski definition) is 6. The first kappa shape index (κ1) is 29.2. The molecule has 0 radical (unpaired) electrons. The van der Waals surface area contributed by atoms with Gasteiger partial charge in [-0.1, -0.05) is 59.1 Å². The number of halogens is 3. The smallest absolute Gasteiger partial charge is 0.343 e. The van der Waals surface area contributed by atoms with Crippen molar-refractivity contribution in [2.24, 2.45) is 0 Å². The monoisotopic (exact) mass is 640 g/mol. The van der Waals surface area contributed by atoms with E-state index in [1.54, 1.807) is 97.1 Å². The summed E-state index contributed by atoms with van der Waals surface area (Å²) in [5.74, 6) is -1.70. The van der Waals surface area contributed by atoms with Crippen LogP contribution in [0.5, 0.6) is 17.2 Å². The summed E-state index contributed by atoms with van der Waals surface area (Å²) in [6, 6.07) is 30.7. The van der Waals surface area contributed by atoms with Crippen LogP contribution in [-0.4, -0.2) is 17.9 Å². The first-order chi connectivity index (χ1) is 21.3. The molecule has 0 saturated heterocycles. The van der Waals surface area contributed by atoms with Crippen LogP contribution in [0.25, 0.3) is 21.5 Å². The van der Waals surface area contributed by atoms with Gasteiger partial charge in [-0.2, -0.15) is 0 Å². The molecule has 6 nitrogen and oxygen atoms in total. The quantitative estimate of drug-likeness (QED) is 0.102. The number of carbonyl (C=O) groups is 3. The van der Waals surface area contributed by atoms with Gasteiger partial charge in [0, 0.05) is 15.1 Å². The van der Waals surface area contributed by atoms with Gasteiger partial charge in [-0.15, -0.1) is 0 Å². The lowest BCUT2D eigenvalue weighted by atomic mass is 10.0. The minimum Gasteiger partial charge on any atom is -0.422 e. The van der Waals surface area contributed by atoms with Gasteiger partial charge in [0.25, 0.3) is 0 Å². The number of hydrogen-bond donors (Lipinski definition) is 0. The maximum absolute atomic E-state index is 13.5. The van der Waals surface area contributed by atoms with E-state index < -0.39 is 17.9 Å². The van der Waals surface area contributed by atoms with Crippen LogP contribution in [0.4, 0.5) is 0 Å². The molecule has 216 valence electrons. The summed E-state index contributed by atoms with van der Waals surface area (Å²) in [5.41, 5.74) is 0.764. The minimum atomic E-state index is -0.701. The molecule has 0 aliphatic rings. The molecule has 0 saturated carbocycles. The van der Waals surface area contributed by atoms with Gasteiger partial charge < -0.3 is 14.2 Å². The highest BCUT2D eigenvalue weighted by atomic mass is 35.5. The van der Waals surface area contributed by atoms with Crippen LogP contribution in [0, 0.1) is 0 Å². The van der Waals surface area contributed by atoms with Crippen LogP contribution in [0.15, 0.2) is 115 Å². The van der Waals surface area contributed by atoms with Crippen molar-refractivity contribution in [1.82, 2.24) is 0 Å². The molecule has 6 aromatic carbocycles. The van der Waals surface area contributed by atoms with Crippen LogP contribution < -0.4 is 14.2 Å². The molecule has 6 rings (SSSR count). The molecular weight excluding hydrogens is 623 g/mol. The number of carbonyl (C=O) groups excluding carboxylic acids is 3. The molecule has 0 N–H and O–H groups in total. The fraction of sp³-hybridized carbons (Fsp3) is 0. The third-order valence-corrected chi connectivity index (χ3v) is 7.48. The molecule has 9 heteroatoms. The molecule has 0 aliphatic heterocycles. The average Bonchev–Trinajstić information content (AvgIpc) is 3.02. The standard InChI is InChI=1S/C35H19Cl3O6/c36-25-13-7-20(8-14-25)33(39)42-28-5-1-3-23-19-24-4-2-6-29(43-34(40)21-9-15-26(37)16-10-21)31(24)32(30(23)28)44-35(41)22-11-17-27(38)18-12-22/h1-19H. The van der Waals surface area contributed by atoms with Crippen LogP contribution >= 0.6 is 34.8 Å². The number of rotatable bonds is 6. The summed E-state index contributed by atoms with van der Waals surface area (Å²) in [6.07, 6.45) is 0. The predicted molar refractivity (Wildman–Crippen MR) is 171 cm³/mol. The largest absolute Gasteiger partial charge is 0.422 e. The maximum atomic E-state index is 13.5. The highest BCUT2D eigenvalue weighted by molar-refractivity contribution is 6.31. The van der Waals surface area contributed by atoms with Crippen molar-refractivity contribution in [3.63, 3.8) is 0 Å². The number of ether oxygens (including phenoxy) is 3. The predicted octanol–water partition coefficient (Wildman–Crippen LogP) is 9.61. The minimum absolute atomic E-state index is 0.0384. The second-order valence-corrected chi connectivity index (χ2v) is 10.9. The third-order valence-electron chi connectivity index (χ3n) is 6.72. The van der Waals surface area contributed by atoms with E-state index in [0.29, 0.717) is 36.6 Å². The lowest BCUT2D eigenvalue weighted by Gasteiger charge is -2.17. The lowest BCUT2D eigenvalue weighted by molar-refractivity contribution is 0.0728. The normalized spacial score (nSPS) is 10.9. The number of benzene rings is 6. The van der Waals surface area contributed by atoms with Crippen molar-refractivity contribution < 1.29 is 28.6 Å². The van der Waals surface area contributed by atoms with E-state index in [9.17, 15) is 14.4 Å². The van der Waals surface area contributed by atoms with E-state index in [1.807, 2.05) is 6.07 Å². The highest BCUT2D eigenvalue weighted by Crippen LogP contribution is 2.44. The van der Waals surface area contributed by atoms with Crippen LogP contribution in [-0.2, 0) is 0 Å². The summed E-state index contributed by atoms with van der Waals surface area (Å²) in [5, 5.41) is 3.24. The Hall–Kier alpha value is -4.88. The average molecular weight is 642 g/mol. The Morgan fingerprint density at radius 2 is 0.773 bits per heavy atom. The zero-order chi connectivity index (χ0) is 30.8. The Morgan fingerprint density at radius 1 is 0.432 bits per heavy atom. The van der Waals surface area contributed by atoms with Gasteiger partial charge in [0.1, 0.15) is 11.5 Å². The summed E-state index contributed by atoms with van der Waals surface area (Å²) >= 11 is 18.0. The summed E-state index contributed by atoms with van der Waals surface area (Å²) < 4.78 is 17.7. The molecule has 0 amide bonds. The maximum Gasteiger partial charge on any atom is 0.343 e. The van der Waals surface area contributed by atoms with E-state index in [4.69, 9.17) is 49.0 Å². The van der Waals surface area contributed by atoms with E-state index >= 15 is 0 Å². The van der Waals surface area contributed by atoms with Crippen molar-refractivity contribution in [2.45, 2.75) is 0 Å². The van der Waals surface area contributed by atoms with Crippen LogP contribution in [0.3, 0.4) is 0 Å². The number of fused-ring (bicyclic) bond motifs is 2. The molecule has 44 heavy (non-hydrogen) atoms.